The Morgan fingerprint density at radius 2 is 0.463 bits per heavy atom. The molecule has 0 bridgehead atoms. The Hall–Kier alpha value is -0.0600. The molecule has 41 heavy (non-hydrogen) atoms. The van der Waals surface area contributed by atoms with Crippen LogP contribution < -0.4 is 39.8 Å². The number of carboxylic acids is 2. The minimum atomic E-state index is -0.903. The minimum Gasteiger partial charge on any atom is -0.550 e. The largest absolute Gasteiger partial charge is 1.00 e. The smallest absolute Gasteiger partial charge is 0.550 e. The molecule has 0 saturated carbocycles. The number of carbonyl (C=O) groups is 2. The van der Waals surface area contributed by atoms with Crippen LogP contribution in [0.3, 0.4) is 0 Å². The number of rotatable bonds is 32. The number of aliphatic carboxylic acids is 2. The topological polar surface area (TPSA) is 80.3 Å². The van der Waals surface area contributed by atoms with E-state index >= 15 is 0 Å². The van der Waals surface area contributed by atoms with Gasteiger partial charge in [0, 0.05) is 11.9 Å². The molecule has 0 aromatic carbocycles. The van der Waals surface area contributed by atoms with Crippen LogP contribution >= 0.6 is 0 Å². The number of hydrogen-bond acceptors (Lipinski definition) is 4. The SMILES string of the molecule is CCCCCCCCCCCCCCCCCC(=O)[O-].CCCCCCCCCCCCCCCCCC(=O)[O-].[Na+]. The molecule has 0 fully saturated rings. The first-order chi connectivity index (χ1) is 19.5. The molecular formula is C36H70NaO4-. The Morgan fingerprint density at radius 3 is 0.610 bits per heavy atom. The van der Waals surface area contributed by atoms with Crippen LogP contribution in [-0.4, -0.2) is 11.9 Å². The summed E-state index contributed by atoms with van der Waals surface area (Å²) in [7, 11) is 0. The molecule has 0 spiro atoms. The summed E-state index contributed by atoms with van der Waals surface area (Å²) in [6, 6.07) is 0. The zero-order valence-corrected chi connectivity index (χ0v) is 30.3. The summed E-state index contributed by atoms with van der Waals surface area (Å²) < 4.78 is 0. The zero-order chi connectivity index (χ0) is 29.8. The van der Waals surface area contributed by atoms with Crippen LogP contribution in [0.5, 0.6) is 0 Å². The summed E-state index contributed by atoms with van der Waals surface area (Å²) in [5, 5.41) is 20.4. The van der Waals surface area contributed by atoms with Gasteiger partial charge in [-0.15, -0.1) is 0 Å². The first kappa shape index (κ1) is 45.4. The maximum absolute atomic E-state index is 10.2. The van der Waals surface area contributed by atoms with Gasteiger partial charge < -0.3 is 19.8 Å². The van der Waals surface area contributed by atoms with Gasteiger partial charge in [-0.2, -0.15) is 0 Å². The third-order valence-corrected chi connectivity index (χ3v) is 7.97. The number of carbonyl (C=O) groups excluding carboxylic acids is 2. The molecule has 0 aromatic rings. The molecule has 240 valence electrons. The van der Waals surface area contributed by atoms with Crippen molar-refractivity contribution in [3.05, 3.63) is 0 Å². The molecule has 0 atom stereocenters. The van der Waals surface area contributed by atoms with Crippen LogP contribution in [0, 0.1) is 0 Å². The van der Waals surface area contributed by atoms with Gasteiger partial charge >= 0.3 is 29.6 Å². The van der Waals surface area contributed by atoms with Crippen molar-refractivity contribution < 1.29 is 49.4 Å². The van der Waals surface area contributed by atoms with Crippen molar-refractivity contribution in [1.82, 2.24) is 0 Å². The maximum atomic E-state index is 10.2. The summed E-state index contributed by atoms with van der Waals surface area (Å²) in [5.74, 6) is -1.81. The quantitative estimate of drug-likeness (QED) is 0.0625. The van der Waals surface area contributed by atoms with Crippen LogP contribution in [-0.2, 0) is 9.59 Å². The van der Waals surface area contributed by atoms with E-state index in [1.807, 2.05) is 0 Å². The van der Waals surface area contributed by atoms with Crippen molar-refractivity contribution in [2.24, 2.45) is 0 Å². The molecule has 0 aliphatic heterocycles. The van der Waals surface area contributed by atoms with Gasteiger partial charge in [0.25, 0.3) is 0 Å². The van der Waals surface area contributed by atoms with Gasteiger partial charge in [-0.05, 0) is 25.7 Å². The van der Waals surface area contributed by atoms with E-state index in [2.05, 4.69) is 13.8 Å². The summed E-state index contributed by atoms with van der Waals surface area (Å²) in [4.78, 5) is 20.4. The molecule has 4 nitrogen and oxygen atoms in total. The zero-order valence-electron chi connectivity index (χ0n) is 28.3. The summed E-state index contributed by atoms with van der Waals surface area (Å²) in [5.41, 5.74) is 0. The second-order valence-corrected chi connectivity index (χ2v) is 12.1. The number of unbranched alkanes of at least 4 members (excludes halogenated alkanes) is 28. The molecule has 0 heterocycles. The van der Waals surface area contributed by atoms with Crippen LogP contribution in [0.2, 0.25) is 0 Å². The molecule has 0 unspecified atom stereocenters. The van der Waals surface area contributed by atoms with Crippen molar-refractivity contribution in [2.45, 2.75) is 219 Å². The second kappa shape index (κ2) is 42.1. The Morgan fingerprint density at radius 1 is 0.317 bits per heavy atom. The van der Waals surface area contributed by atoms with Crippen LogP contribution in [0.1, 0.15) is 219 Å². The third kappa shape index (κ3) is 49.9. The minimum absolute atomic E-state index is 0. The van der Waals surface area contributed by atoms with Crippen molar-refractivity contribution in [1.29, 1.82) is 0 Å². The molecular weight excluding hydrogens is 519 g/mol. The Bertz CT molecular complexity index is 454. The fourth-order valence-electron chi connectivity index (χ4n) is 5.28. The molecule has 0 saturated heterocycles. The molecule has 5 heteroatoms. The summed E-state index contributed by atoms with van der Waals surface area (Å²) in [6.45, 7) is 4.53. The van der Waals surface area contributed by atoms with E-state index in [1.54, 1.807) is 0 Å². The van der Waals surface area contributed by atoms with Crippen LogP contribution in [0.15, 0.2) is 0 Å². The monoisotopic (exact) mass is 590 g/mol. The second-order valence-electron chi connectivity index (χ2n) is 12.1. The van der Waals surface area contributed by atoms with E-state index in [0.29, 0.717) is 0 Å². The summed E-state index contributed by atoms with van der Waals surface area (Å²) >= 11 is 0. The first-order valence-corrected chi connectivity index (χ1v) is 17.9. The van der Waals surface area contributed by atoms with E-state index in [0.717, 1.165) is 25.7 Å². The Kier molecular flexibility index (Phi) is 46.6. The Labute approximate surface area is 279 Å². The van der Waals surface area contributed by atoms with Gasteiger partial charge in [-0.25, -0.2) is 0 Å². The van der Waals surface area contributed by atoms with Gasteiger partial charge in [-0.3, -0.25) is 0 Å². The van der Waals surface area contributed by atoms with Gasteiger partial charge in [0.1, 0.15) is 0 Å². The van der Waals surface area contributed by atoms with Crippen LogP contribution in [0.4, 0.5) is 0 Å². The average molecular weight is 590 g/mol. The maximum Gasteiger partial charge on any atom is 1.00 e. The molecule has 0 radical (unpaired) electrons. The predicted octanol–water partition coefficient (Wildman–Crippen LogP) is 7.00. The fraction of sp³-hybridized carbons (Fsp3) is 0.944. The van der Waals surface area contributed by atoms with Crippen molar-refractivity contribution in [2.75, 3.05) is 0 Å². The number of hydrogen-bond donors (Lipinski definition) is 0. The predicted molar refractivity (Wildman–Crippen MR) is 169 cm³/mol. The average Bonchev–Trinajstić information content (AvgIpc) is 2.93. The normalized spacial score (nSPS) is 10.6. The van der Waals surface area contributed by atoms with Gasteiger partial charge in [0.15, 0.2) is 0 Å². The third-order valence-electron chi connectivity index (χ3n) is 7.97. The van der Waals surface area contributed by atoms with E-state index in [-0.39, 0.29) is 42.4 Å². The molecule has 0 aliphatic rings. The molecule has 0 N–H and O–H groups in total. The molecule has 0 aliphatic carbocycles. The summed E-state index contributed by atoms with van der Waals surface area (Å²) in [6.07, 6.45) is 39.7. The first-order valence-electron chi connectivity index (χ1n) is 17.9. The van der Waals surface area contributed by atoms with Gasteiger partial charge in [-0.1, -0.05) is 194 Å². The standard InChI is InChI=1S/2C18H36O2.Na/c2*1-2-3-4-5-6-7-8-9-10-11-12-13-14-15-16-17-18(19)20;/h2*2-17H2,1H3,(H,19,20);/q;;+1/p-2. The molecule has 0 rings (SSSR count). The molecule has 0 amide bonds. The molecule has 0 aromatic heterocycles. The number of carboxylic acid groups (broad SMARTS) is 2. The van der Waals surface area contributed by atoms with E-state index in [1.165, 1.54) is 167 Å². The van der Waals surface area contributed by atoms with Crippen molar-refractivity contribution in [3.63, 3.8) is 0 Å². The van der Waals surface area contributed by atoms with E-state index < -0.39 is 11.9 Å². The van der Waals surface area contributed by atoms with E-state index in [9.17, 15) is 19.8 Å². The van der Waals surface area contributed by atoms with Crippen molar-refractivity contribution in [3.8, 4) is 0 Å². The fourth-order valence-corrected chi connectivity index (χ4v) is 5.28. The Balaban J connectivity index is -0.000000688. The van der Waals surface area contributed by atoms with Gasteiger partial charge in [0.2, 0.25) is 0 Å². The van der Waals surface area contributed by atoms with Gasteiger partial charge in [0.05, 0.1) is 0 Å². The van der Waals surface area contributed by atoms with Crippen molar-refractivity contribution >= 4 is 11.9 Å². The van der Waals surface area contributed by atoms with Crippen LogP contribution in [0.25, 0.3) is 0 Å². The van der Waals surface area contributed by atoms with E-state index in [4.69, 9.17) is 0 Å².